The lowest BCUT2D eigenvalue weighted by molar-refractivity contribution is -0.0632. The molecule has 1 aliphatic heterocycles. The zero-order valence-corrected chi connectivity index (χ0v) is 21.3. The first kappa shape index (κ1) is 24.9. The van der Waals surface area contributed by atoms with Crippen molar-refractivity contribution in [3.05, 3.63) is 53.9 Å². The second-order valence-corrected chi connectivity index (χ2v) is 10.8. The van der Waals surface area contributed by atoms with Gasteiger partial charge in [0.25, 0.3) is 11.8 Å². The van der Waals surface area contributed by atoms with Crippen LogP contribution in [0, 0.1) is 5.92 Å². The van der Waals surface area contributed by atoms with E-state index in [9.17, 15) is 13.6 Å². The maximum absolute atomic E-state index is 13.9. The zero-order valence-electron chi connectivity index (χ0n) is 21.3. The fourth-order valence-corrected chi connectivity index (χ4v) is 4.92. The van der Waals surface area contributed by atoms with Gasteiger partial charge in [-0.05, 0) is 55.9 Å². The van der Waals surface area contributed by atoms with Crippen molar-refractivity contribution in [1.29, 1.82) is 0 Å². The number of anilines is 2. The molecule has 2 saturated carbocycles. The summed E-state index contributed by atoms with van der Waals surface area (Å²) < 4.78 is 27.8. The summed E-state index contributed by atoms with van der Waals surface area (Å²) in [6.45, 7) is 1.66. The quantitative estimate of drug-likeness (QED) is 0.358. The van der Waals surface area contributed by atoms with E-state index >= 15 is 0 Å². The van der Waals surface area contributed by atoms with Gasteiger partial charge in [0, 0.05) is 74.0 Å². The number of alkyl halides is 2. The minimum absolute atomic E-state index is 0.203. The van der Waals surface area contributed by atoms with E-state index in [1.807, 2.05) is 29.2 Å². The number of fused-ring (bicyclic) bond motifs is 1. The average molecular weight is 522 g/mol. The van der Waals surface area contributed by atoms with Gasteiger partial charge >= 0.3 is 0 Å². The molecule has 2 aliphatic carbocycles. The number of rotatable bonds is 10. The number of aromatic nitrogens is 3. The summed E-state index contributed by atoms with van der Waals surface area (Å²) >= 11 is 0. The van der Waals surface area contributed by atoms with Crippen LogP contribution in [0.25, 0.3) is 10.9 Å². The number of hydrogen-bond donors (Lipinski definition) is 3. The molecule has 3 aromatic rings. The van der Waals surface area contributed by atoms with Crippen molar-refractivity contribution in [3.63, 3.8) is 0 Å². The van der Waals surface area contributed by atoms with Gasteiger partial charge in [0.1, 0.15) is 5.82 Å². The third-order valence-corrected chi connectivity index (χ3v) is 7.64. The van der Waals surface area contributed by atoms with Crippen LogP contribution >= 0.6 is 0 Å². The van der Waals surface area contributed by atoms with Crippen LogP contribution in [0.5, 0.6) is 0 Å². The van der Waals surface area contributed by atoms with Gasteiger partial charge in [-0.2, -0.15) is 0 Å². The van der Waals surface area contributed by atoms with Crippen LogP contribution in [-0.4, -0.2) is 63.9 Å². The van der Waals surface area contributed by atoms with Crippen LogP contribution in [0.4, 0.5) is 20.5 Å². The summed E-state index contributed by atoms with van der Waals surface area (Å²) in [5.74, 6) is -0.764. The van der Waals surface area contributed by atoms with E-state index in [1.54, 1.807) is 18.5 Å². The zero-order chi connectivity index (χ0) is 26.1. The van der Waals surface area contributed by atoms with Crippen LogP contribution in [0.3, 0.4) is 0 Å². The van der Waals surface area contributed by atoms with Crippen molar-refractivity contribution in [1.82, 2.24) is 25.2 Å². The molecular weight excluding hydrogens is 488 g/mol. The van der Waals surface area contributed by atoms with Crippen molar-refractivity contribution in [2.24, 2.45) is 5.92 Å². The lowest BCUT2D eigenvalue weighted by Crippen LogP contribution is -2.45. The van der Waals surface area contributed by atoms with Gasteiger partial charge in [-0.1, -0.05) is 6.07 Å². The first-order valence-corrected chi connectivity index (χ1v) is 13.6. The number of carbonyl (C=O) groups excluding carboxylic acids is 1. The highest BCUT2D eigenvalue weighted by Crippen LogP contribution is 2.33. The summed E-state index contributed by atoms with van der Waals surface area (Å²) in [6, 6.07) is 9.48. The highest BCUT2D eigenvalue weighted by molar-refractivity contribution is 6.06. The Morgan fingerprint density at radius 2 is 1.82 bits per heavy atom. The fraction of sp³-hybridized carbons (Fsp3) is 0.500. The number of halogens is 2. The standard InChI is InChI=1S/C28H33F2N7O/c29-28(30)10-12-37(13-11-28)24(19-15-33-27(34-16-19)35-20-6-7-20)17-32-26(38)22-2-1-3-23-21(22)8-9-25(36-23)31-14-18-4-5-18/h1-3,8-9,15-16,18,20,24H,4-7,10-14,17H2,(H,31,36)(H,32,38)(H,33,34,35). The number of likely N-dealkylation sites (tertiary alicyclic amines) is 1. The molecule has 1 atom stereocenters. The lowest BCUT2D eigenvalue weighted by atomic mass is 10.0. The van der Waals surface area contributed by atoms with Crippen LogP contribution in [0.15, 0.2) is 42.7 Å². The largest absolute Gasteiger partial charge is 0.370 e. The first-order valence-electron chi connectivity index (χ1n) is 13.6. The van der Waals surface area contributed by atoms with Gasteiger partial charge in [-0.15, -0.1) is 0 Å². The van der Waals surface area contributed by atoms with E-state index in [2.05, 4.69) is 30.9 Å². The third kappa shape index (κ3) is 6.01. The van der Waals surface area contributed by atoms with Gasteiger partial charge < -0.3 is 16.0 Å². The van der Waals surface area contributed by atoms with Crippen LogP contribution in [0.1, 0.15) is 60.5 Å². The van der Waals surface area contributed by atoms with Gasteiger partial charge in [0.2, 0.25) is 5.95 Å². The van der Waals surface area contributed by atoms with Crippen LogP contribution in [-0.2, 0) is 0 Å². The van der Waals surface area contributed by atoms with E-state index in [0.29, 0.717) is 17.6 Å². The van der Waals surface area contributed by atoms with E-state index in [-0.39, 0.29) is 44.4 Å². The normalized spacial score (nSPS) is 20.2. The Labute approximate surface area is 220 Å². The van der Waals surface area contributed by atoms with Crippen LogP contribution in [0.2, 0.25) is 0 Å². The third-order valence-electron chi connectivity index (χ3n) is 7.64. The summed E-state index contributed by atoms with van der Waals surface area (Å²) in [7, 11) is 0. The monoisotopic (exact) mass is 521 g/mol. The van der Waals surface area contributed by atoms with Gasteiger partial charge in [0.05, 0.1) is 11.6 Å². The molecule has 3 fully saturated rings. The molecule has 1 unspecified atom stereocenters. The van der Waals surface area contributed by atoms with Crippen molar-refractivity contribution < 1.29 is 13.6 Å². The molecule has 6 rings (SSSR count). The maximum atomic E-state index is 13.9. The van der Waals surface area contributed by atoms with Gasteiger partial charge in [-0.3, -0.25) is 9.69 Å². The first-order chi connectivity index (χ1) is 18.4. The highest BCUT2D eigenvalue weighted by Gasteiger charge is 2.37. The van der Waals surface area contributed by atoms with Crippen molar-refractivity contribution in [2.45, 2.75) is 56.5 Å². The number of nitrogens with one attached hydrogen (secondary N) is 3. The van der Waals surface area contributed by atoms with Crippen molar-refractivity contribution >= 4 is 28.6 Å². The number of piperidine rings is 1. The smallest absolute Gasteiger partial charge is 0.252 e. The predicted molar refractivity (Wildman–Crippen MR) is 142 cm³/mol. The van der Waals surface area contributed by atoms with E-state index < -0.39 is 5.92 Å². The minimum Gasteiger partial charge on any atom is -0.370 e. The molecule has 1 amide bonds. The van der Waals surface area contributed by atoms with Crippen molar-refractivity contribution in [3.8, 4) is 0 Å². The molecule has 0 bridgehead atoms. The molecule has 1 aromatic carbocycles. The minimum atomic E-state index is -2.65. The number of nitrogens with zero attached hydrogens (tertiary/aromatic N) is 4. The molecule has 0 spiro atoms. The van der Waals surface area contributed by atoms with Gasteiger partial charge in [-0.25, -0.2) is 23.7 Å². The molecule has 8 nitrogen and oxygen atoms in total. The maximum Gasteiger partial charge on any atom is 0.252 e. The fourth-order valence-electron chi connectivity index (χ4n) is 4.92. The Hall–Kier alpha value is -3.40. The number of hydrogen-bond acceptors (Lipinski definition) is 7. The molecule has 38 heavy (non-hydrogen) atoms. The Bertz CT molecular complexity index is 1280. The molecule has 1 saturated heterocycles. The molecule has 10 heteroatoms. The summed E-state index contributed by atoms with van der Waals surface area (Å²) in [6.07, 6.45) is 7.82. The lowest BCUT2D eigenvalue weighted by Gasteiger charge is -2.37. The summed E-state index contributed by atoms with van der Waals surface area (Å²) in [5.41, 5.74) is 2.08. The molecular formula is C28H33F2N7O. The number of pyridine rings is 1. The Balaban J connectivity index is 1.17. The summed E-state index contributed by atoms with van der Waals surface area (Å²) in [5, 5.41) is 10.5. The molecule has 0 radical (unpaired) electrons. The molecule has 200 valence electrons. The number of carbonyl (C=O) groups is 1. The van der Waals surface area contributed by atoms with Gasteiger partial charge in [0.15, 0.2) is 0 Å². The molecule has 3 aliphatic rings. The second-order valence-electron chi connectivity index (χ2n) is 10.8. The predicted octanol–water partition coefficient (Wildman–Crippen LogP) is 4.62. The van der Waals surface area contributed by atoms with E-state index in [0.717, 1.165) is 47.6 Å². The van der Waals surface area contributed by atoms with Crippen LogP contribution < -0.4 is 16.0 Å². The SMILES string of the molecule is O=C(NCC(c1cnc(NC2CC2)nc1)N1CCC(F)(F)CC1)c1cccc2nc(NCC3CC3)ccc12. The Morgan fingerprint density at radius 3 is 2.53 bits per heavy atom. The van der Waals surface area contributed by atoms with E-state index in [4.69, 9.17) is 0 Å². The number of benzene rings is 1. The topological polar surface area (TPSA) is 95.1 Å². The Kier molecular flexibility index (Phi) is 6.82. The molecule has 2 aromatic heterocycles. The Morgan fingerprint density at radius 1 is 1.05 bits per heavy atom. The highest BCUT2D eigenvalue weighted by atomic mass is 19.3. The molecule has 3 heterocycles. The molecule has 3 N–H and O–H groups in total. The average Bonchev–Trinajstić information content (AvgIpc) is 3.85. The van der Waals surface area contributed by atoms with E-state index in [1.165, 1.54) is 12.8 Å². The van der Waals surface area contributed by atoms with Crippen molar-refractivity contribution in [2.75, 3.05) is 36.8 Å². The number of amides is 1. The summed E-state index contributed by atoms with van der Waals surface area (Å²) in [4.78, 5) is 28.9. The second kappa shape index (κ2) is 10.4.